The maximum absolute atomic E-state index is 12.4. The summed E-state index contributed by atoms with van der Waals surface area (Å²) in [5.41, 5.74) is 3.40. The van der Waals surface area contributed by atoms with Crippen molar-refractivity contribution in [3.8, 4) is 5.75 Å². The van der Waals surface area contributed by atoms with Crippen LogP contribution in [-0.2, 0) is 17.9 Å². The largest absolute Gasteiger partial charge is 0.485 e. The lowest BCUT2D eigenvalue weighted by atomic mass is 10.1. The van der Waals surface area contributed by atoms with Crippen molar-refractivity contribution in [2.24, 2.45) is 0 Å². The van der Waals surface area contributed by atoms with E-state index in [2.05, 4.69) is 15.5 Å². The fraction of sp³-hybridized carbons (Fsp3) is 0.318. The Hall–Kier alpha value is -3.40. The minimum atomic E-state index is -0.465. The number of hydrogen-bond acceptors (Lipinski definition) is 7. The van der Waals surface area contributed by atoms with Crippen molar-refractivity contribution in [1.29, 1.82) is 0 Å². The molecule has 1 amide bonds. The van der Waals surface area contributed by atoms with Crippen LogP contribution in [0.15, 0.2) is 41.6 Å². The first kappa shape index (κ1) is 23.3. The summed E-state index contributed by atoms with van der Waals surface area (Å²) in [6.07, 6.45) is 0. The first-order valence-corrected chi connectivity index (χ1v) is 11.1. The van der Waals surface area contributed by atoms with E-state index in [0.717, 1.165) is 16.9 Å². The second-order valence-electron chi connectivity index (χ2n) is 7.22. The lowest BCUT2D eigenvalue weighted by molar-refractivity contribution is -0.384. The Morgan fingerprint density at radius 1 is 1.19 bits per heavy atom. The number of nitrogens with zero attached hydrogens (tertiary/aromatic N) is 4. The lowest BCUT2D eigenvalue weighted by Crippen LogP contribution is -2.15. The fourth-order valence-electron chi connectivity index (χ4n) is 3.09. The van der Waals surface area contributed by atoms with E-state index in [0.29, 0.717) is 28.8 Å². The SMILES string of the molecule is CCn1c(COc2cccc(C)c2C)nnc1SCC(=O)Nc1ccc([N+](=O)[O-])cc1C. The third kappa shape index (κ3) is 5.44. The van der Waals surface area contributed by atoms with E-state index in [1.165, 1.54) is 30.0 Å². The standard InChI is InChI=1S/C22H25N5O4S/c1-5-26-20(12-31-19-8-6-7-14(2)16(19)4)24-25-22(26)32-13-21(28)23-18-10-9-17(27(29)30)11-15(18)3/h6-11H,5,12-13H2,1-4H3,(H,23,28). The molecule has 0 bridgehead atoms. The highest BCUT2D eigenvalue weighted by atomic mass is 32.2. The van der Waals surface area contributed by atoms with Gasteiger partial charge in [0, 0.05) is 24.4 Å². The zero-order valence-electron chi connectivity index (χ0n) is 18.4. The van der Waals surface area contributed by atoms with E-state index in [9.17, 15) is 14.9 Å². The van der Waals surface area contributed by atoms with Gasteiger partial charge in [-0.15, -0.1) is 10.2 Å². The van der Waals surface area contributed by atoms with Crippen molar-refractivity contribution in [2.75, 3.05) is 11.1 Å². The summed E-state index contributed by atoms with van der Waals surface area (Å²) in [6, 6.07) is 10.2. The van der Waals surface area contributed by atoms with Gasteiger partial charge in [-0.05, 0) is 56.5 Å². The molecule has 9 nitrogen and oxygen atoms in total. The van der Waals surface area contributed by atoms with Crippen LogP contribution >= 0.6 is 11.8 Å². The Labute approximate surface area is 190 Å². The first-order valence-electron chi connectivity index (χ1n) is 10.1. The van der Waals surface area contributed by atoms with E-state index in [4.69, 9.17) is 4.74 Å². The number of non-ortho nitro benzene ring substituents is 1. The zero-order chi connectivity index (χ0) is 23.3. The van der Waals surface area contributed by atoms with Gasteiger partial charge in [0.15, 0.2) is 11.0 Å². The van der Waals surface area contributed by atoms with Crippen LogP contribution in [-0.4, -0.2) is 31.3 Å². The molecule has 3 rings (SSSR count). The monoisotopic (exact) mass is 455 g/mol. The number of carbonyl (C=O) groups is 1. The van der Waals surface area contributed by atoms with Crippen molar-refractivity contribution in [1.82, 2.24) is 14.8 Å². The molecule has 168 valence electrons. The Balaban J connectivity index is 1.61. The number of aromatic nitrogens is 3. The van der Waals surface area contributed by atoms with Crippen molar-refractivity contribution < 1.29 is 14.5 Å². The molecule has 32 heavy (non-hydrogen) atoms. The predicted octanol–water partition coefficient (Wildman–Crippen LogP) is 4.44. The third-order valence-corrected chi connectivity index (χ3v) is 6.02. The Bertz CT molecular complexity index is 1150. The lowest BCUT2D eigenvalue weighted by Gasteiger charge is -2.12. The molecule has 1 N–H and O–H groups in total. The summed E-state index contributed by atoms with van der Waals surface area (Å²) in [5, 5.41) is 22.7. The Morgan fingerprint density at radius 2 is 1.97 bits per heavy atom. The van der Waals surface area contributed by atoms with Gasteiger partial charge in [0.2, 0.25) is 5.91 Å². The van der Waals surface area contributed by atoms with Gasteiger partial charge in [0.1, 0.15) is 12.4 Å². The number of aryl methyl sites for hydroxylation is 2. The zero-order valence-corrected chi connectivity index (χ0v) is 19.2. The summed E-state index contributed by atoms with van der Waals surface area (Å²) >= 11 is 1.27. The molecule has 0 saturated heterocycles. The Morgan fingerprint density at radius 3 is 2.66 bits per heavy atom. The number of benzene rings is 2. The molecule has 1 heterocycles. The van der Waals surface area contributed by atoms with Gasteiger partial charge in [-0.3, -0.25) is 14.9 Å². The van der Waals surface area contributed by atoms with Crippen LogP contribution in [0.4, 0.5) is 11.4 Å². The highest BCUT2D eigenvalue weighted by Gasteiger charge is 2.15. The number of rotatable bonds is 9. The number of thioether (sulfide) groups is 1. The van der Waals surface area contributed by atoms with Gasteiger partial charge in [-0.2, -0.15) is 0 Å². The van der Waals surface area contributed by atoms with E-state index in [-0.39, 0.29) is 24.0 Å². The number of anilines is 1. The van der Waals surface area contributed by atoms with Gasteiger partial charge in [-0.25, -0.2) is 0 Å². The van der Waals surface area contributed by atoms with Crippen LogP contribution in [0, 0.1) is 30.9 Å². The van der Waals surface area contributed by atoms with E-state index in [1.54, 1.807) is 6.92 Å². The quantitative estimate of drug-likeness (QED) is 0.288. The van der Waals surface area contributed by atoms with E-state index >= 15 is 0 Å². The van der Waals surface area contributed by atoms with Crippen LogP contribution in [0.3, 0.4) is 0 Å². The maximum atomic E-state index is 12.4. The topological polar surface area (TPSA) is 112 Å². The average Bonchev–Trinajstić information content (AvgIpc) is 3.16. The molecule has 2 aromatic carbocycles. The molecule has 0 atom stereocenters. The predicted molar refractivity (Wildman–Crippen MR) is 123 cm³/mol. The molecule has 0 aliphatic rings. The van der Waals surface area contributed by atoms with Gasteiger partial charge in [0.05, 0.1) is 10.7 Å². The fourth-order valence-corrected chi connectivity index (χ4v) is 3.91. The smallest absolute Gasteiger partial charge is 0.269 e. The normalized spacial score (nSPS) is 10.8. The second-order valence-corrected chi connectivity index (χ2v) is 8.17. The summed E-state index contributed by atoms with van der Waals surface area (Å²) in [7, 11) is 0. The number of ether oxygens (including phenoxy) is 1. The average molecular weight is 456 g/mol. The molecule has 3 aromatic rings. The van der Waals surface area contributed by atoms with Gasteiger partial charge in [-0.1, -0.05) is 23.9 Å². The molecule has 0 aliphatic heterocycles. The molecule has 0 fully saturated rings. The molecule has 0 radical (unpaired) electrons. The van der Waals surface area contributed by atoms with Gasteiger partial charge >= 0.3 is 0 Å². The molecule has 0 saturated carbocycles. The van der Waals surface area contributed by atoms with Crippen LogP contribution in [0.1, 0.15) is 29.4 Å². The van der Waals surface area contributed by atoms with Crippen LogP contribution in [0.25, 0.3) is 0 Å². The molecule has 10 heteroatoms. The molecular weight excluding hydrogens is 430 g/mol. The first-order chi connectivity index (χ1) is 15.3. The summed E-state index contributed by atoms with van der Waals surface area (Å²) in [5.74, 6) is 1.39. The minimum absolute atomic E-state index is 0.0125. The number of hydrogen-bond donors (Lipinski definition) is 1. The number of carbonyl (C=O) groups excluding carboxylic acids is 1. The number of amides is 1. The Kier molecular flexibility index (Phi) is 7.47. The number of nitro groups is 1. The van der Waals surface area contributed by atoms with Crippen LogP contribution < -0.4 is 10.1 Å². The van der Waals surface area contributed by atoms with Crippen molar-refractivity contribution in [2.45, 2.75) is 46.0 Å². The van der Waals surface area contributed by atoms with Gasteiger partial charge < -0.3 is 14.6 Å². The molecule has 0 aliphatic carbocycles. The van der Waals surface area contributed by atoms with Crippen molar-refractivity contribution in [3.05, 3.63) is 69.0 Å². The number of nitro benzene ring substituents is 1. The third-order valence-electron chi connectivity index (χ3n) is 5.05. The molecule has 1 aromatic heterocycles. The highest BCUT2D eigenvalue weighted by molar-refractivity contribution is 7.99. The molecular formula is C22H25N5O4S. The van der Waals surface area contributed by atoms with Crippen LogP contribution in [0.2, 0.25) is 0 Å². The second kappa shape index (κ2) is 10.3. The van der Waals surface area contributed by atoms with E-state index < -0.39 is 4.92 Å². The summed E-state index contributed by atoms with van der Waals surface area (Å²) in [4.78, 5) is 22.8. The summed E-state index contributed by atoms with van der Waals surface area (Å²) in [6.45, 7) is 8.67. The maximum Gasteiger partial charge on any atom is 0.269 e. The van der Waals surface area contributed by atoms with Gasteiger partial charge in [0.25, 0.3) is 5.69 Å². The van der Waals surface area contributed by atoms with E-state index in [1.807, 2.05) is 43.5 Å². The van der Waals surface area contributed by atoms with Crippen LogP contribution in [0.5, 0.6) is 5.75 Å². The van der Waals surface area contributed by atoms with Crippen molar-refractivity contribution in [3.63, 3.8) is 0 Å². The summed E-state index contributed by atoms with van der Waals surface area (Å²) < 4.78 is 7.86. The number of nitrogens with one attached hydrogen (secondary N) is 1. The highest BCUT2D eigenvalue weighted by Crippen LogP contribution is 2.24. The minimum Gasteiger partial charge on any atom is -0.485 e. The molecule has 0 spiro atoms. The van der Waals surface area contributed by atoms with Crippen molar-refractivity contribution >= 4 is 29.0 Å². The molecule has 0 unspecified atom stereocenters.